The van der Waals surface area contributed by atoms with Gasteiger partial charge in [0.2, 0.25) is 0 Å². The van der Waals surface area contributed by atoms with Crippen molar-refractivity contribution in [1.29, 1.82) is 5.26 Å². The second-order valence-electron chi connectivity index (χ2n) is 5.98. The number of hydrogen-bond donors (Lipinski definition) is 1. The predicted octanol–water partition coefficient (Wildman–Crippen LogP) is 2.17. The molecule has 128 valence electrons. The number of rotatable bonds is 5. The molecular weight excluding hydrogens is 338 g/mol. The fourth-order valence-corrected chi connectivity index (χ4v) is 4.05. The summed E-state index contributed by atoms with van der Waals surface area (Å²) in [6, 6.07) is 8.05. The minimum Gasteiger partial charge on any atom is -0.376 e. The van der Waals surface area contributed by atoms with Gasteiger partial charge in [-0.15, -0.1) is 5.10 Å². The molecule has 0 saturated carbocycles. The lowest BCUT2D eigenvalue weighted by molar-refractivity contribution is 0.0941. The molecule has 1 fully saturated rings. The molecular formula is C17H17N5O2S. The molecule has 4 rings (SSSR count). The lowest BCUT2D eigenvalue weighted by Crippen LogP contribution is -2.24. The minimum absolute atomic E-state index is 0.0707. The van der Waals surface area contributed by atoms with Gasteiger partial charge in [-0.25, -0.2) is 9.89 Å². The number of ether oxygens (including phenoxy) is 1. The van der Waals surface area contributed by atoms with Crippen LogP contribution in [-0.2, 0) is 17.0 Å². The third-order valence-electron chi connectivity index (χ3n) is 4.36. The molecule has 1 N–H and O–H groups in total. The molecule has 1 aliphatic heterocycles. The molecule has 1 aliphatic rings. The summed E-state index contributed by atoms with van der Waals surface area (Å²) >= 11 is 1.45. The number of H-pyrrole nitrogens is 1. The number of hydrogen-bond acceptors (Lipinski definition) is 5. The molecule has 0 aliphatic carbocycles. The van der Waals surface area contributed by atoms with Crippen molar-refractivity contribution in [3.05, 3.63) is 52.2 Å². The molecule has 3 aromatic heterocycles. The molecule has 0 radical (unpaired) electrons. The summed E-state index contributed by atoms with van der Waals surface area (Å²) < 4.78 is 9.19. The molecule has 0 bridgehead atoms. The van der Waals surface area contributed by atoms with Crippen molar-refractivity contribution in [2.45, 2.75) is 36.4 Å². The quantitative estimate of drug-likeness (QED) is 0.709. The highest BCUT2D eigenvalue weighted by Gasteiger charge is 2.20. The average molecular weight is 355 g/mol. The average Bonchev–Trinajstić information content (AvgIpc) is 3.34. The van der Waals surface area contributed by atoms with Crippen LogP contribution in [0.15, 0.2) is 40.5 Å². The van der Waals surface area contributed by atoms with E-state index in [1.165, 1.54) is 11.8 Å². The van der Waals surface area contributed by atoms with E-state index in [1.807, 2.05) is 35.0 Å². The highest BCUT2D eigenvalue weighted by Crippen LogP contribution is 2.26. The fraction of sp³-hybridized carbons (Fsp3) is 0.353. The van der Waals surface area contributed by atoms with Crippen LogP contribution in [0, 0.1) is 11.3 Å². The standard InChI is InChI=1S/C17H17N5O2S/c18-8-14-12(9-21-6-2-1-5-15(14)21)11-25-17-20-19-16(23)22(17)10-13-4-3-7-24-13/h1-2,5-6,9,13H,3-4,7,10-11H2,(H,19,23)/t13-/m0/s1. The van der Waals surface area contributed by atoms with Crippen LogP contribution in [-0.4, -0.2) is 31.9 Å². The van der Waals surface area contributed by atoms with Gasteiger partial charge in [0, 0.05) is 24.8 Å². The zero-order chi connectivity index (χ0) is 17.2. The molecule has 1 saturated heterocycles. The number of nitrogens with zero attached hydrogens (tertiary/aromatic N) is 4. The lowest BCUT2D eigenvalue weighted by atomic mass is 10.2. The summed E-state index contributed by atoms with van der Waals surface area (Å²) in [7, 11) is 0. The van der Waals surface area contributed by atoms with Gasteiger partial charge in [-0.2, -0.15) is 5.26 Å². The van der Waals surface area contributed by atoms with Gasteiger partial charge in [0.15, 0.2) is 5.16 Å². The van der Waals surface area contributed by atoms with Crippen LogP contribution in [0.5, 0.6) is 0 Å². The number of fused-ring (bicyclic) bond motifs is 1. The topological polar surface area (TPSA) is 88.1 Å². The van der Waals surface area contributed by atoms with Gasteiger partial charge in [0.1, 0.15) is 6.07 Å². The highest BCUT2D eigenvalue weighted by atomic mass is 32.2. The smallest absolute Gasteiger partial charge is 0.344 e. The zero-order valence-electron chi connectivity index (χ0n) is 13.5. The van der Waals surface area contributed by atoms with Gasteiger partial charge >= 0.3 is 5.69 Å². The lowest BCUT2D eigenvalue weighted by Gasteiger charge is -2.10. The van der Waals surface area contributed by atoms with Crippen LogP contribution in [0.25, 0.3) is 5.52 Å². The Morgan fingerprint density at radius 2 is 2.40 bits per heavy atom. The van der Waals surface area contributed by atoms with Gasteiger partial charge in [-0.1, -0.05) is 17.8 Å². The van der Waals surface area contributed by atoms with Crippen molar-refractivity contribution in [2.24, 2.45) is 0 Å². The SMILES string of the molecule is N#Cc1c(CSc2n[nH]c(=O)n2C[C@@H]2CCCO2)cn2ccccc12. The Balaban J connectivity index is 1.56. The first-order valence-corrected chi connectivity index (χ1v) is 9.13. The van der Waals surface area contributed by atoms with Gasteiger partial charge in [-0.05, 0) is 30.5 Å². The van der Waals surface area contributed by atoms with Crippen molar-refractivity contribution in [3.8, 4) is 6.07 Å². The van der Waals surface area contributed by atoms with E-state index in [0.717, 1.165) is 30.5 Å². The molecule has 0 spiro atoms. The summed E-state index contributed by atoms with van der Waals surface area (Å²) in [5.41, 5.74) is 2.26. The molecule has 8 heteroatoms. The zero-order valence-corrected chi connectivity index (χ0v) is 14.3. The minimum atomic E-state index is -0.222. The van der Waals surface area contributed by atoms with E-state index < -0.39 is 0 Å². The van der Waals surface area contributed by atoms with E-state index in [1.54, 1.807) is 4.57 Å². The summed E-state index contributed by atoms with van der Waals surface area (Å²) in [6.45, 7) is 1.27. The summed E-state index contributed by atoms with van der Waals surface area (Å²) in [6.07, 6.45) is 5.94. The van der Waals surface area contributed by atoms with Crippen molar-refractivity contribution in [3.63, 3.8) is 0 Å². The number of aromatic nitrogens is 4. The molecule has 0 aromatic carbocycles. The Morgan fingerprint density at radius 3 is 3.20 bits per heavy atom. The Bertz CT molecular complexity index is 991. The molecule has 3 aromatic rings. The molecule has 25 heavy (non-hydrogen) atoms. The van der Waals surface area contributed by atoms with Crippen molar-refractivity contribution < 1.29 is 4.74 Å². The maximum atomic E-state index is 12.0. The van der Waals surface area contributed by atoms with E-state index in [9.17, 15) is 10.1 Å². The Kier molecular flexibility index (Phi) is 4.34. The predicted molar refractivity (Wildman–Crippen MR) is 93.5 cm³/mol. The third-order valence-corrected chi connectivity index (χ3v) is 5.39. The van der Waals surface area contributed by atoms with Crippen molar-refractivity contribution in [1.82, 2.24) is 19.2 Å². The normalized spacial score (nSPS) is 17.2. The van der Waals surface area contributed by atoms with Crippen LogP contribution in [0.4, 0.5) is 0 Å². The van der Waals surface area contributed by atoms with E-state index in [0.29, 0.717) is 23.0 Å². The Morgan fingerprint density at radius 1 is 1.48 bits per heavy atom. The molecule has 0 unspecified atom stereocenters. The number of thioether (sulfide) groups is 1. The first kappa shape index (κ1) is 16.0. The number of pyridine rings is 1. The van der Waals surface area contributed by atoms with Crippen molar-refractivity contribution in [2.75, 3.05) is 6.61 Å². The maximum Gasteiger partial charge on any atom is 0.344 e. The number of nitriles is 1. The van der Waals surface area contributed by atoms with E-state index >= 15 is 0 Å². The van der Waals surface area contributed by atoms with Crippen LogP contribution < -0.4 is 5.69 Å². The monoisotopic (exact) mass is 355 g/mol. The van der Waals surface area contributed by atoms with E-state index in [2.05, 4.69) is 16.3 Å². The summed E-state index contributed by atoms with van der Waals surface area (Å²) in [4.78, 5) is 12.0. The molecule has 1 atom stereocenters. The molecule has 4 heterocycles. The summed E-state index contributed by atoms with van der Waals surface area (Å²) in [5, 5.41) is 16.7. The maximum absolute atomic E-state index is 12.0. The van der Waals surface area contributed by atoms with Gasteiger partial charge in [0.25, 0.3) is 0 Å². The second kappa shape index (κ2) is 6.78. The first-order chi connectivity index (χ1) is 12.3. The molecule has 7 nitrogen and oxygen atoms in total. The Labute approximate surface area is 148 Å². The first-order valence-electron chi connectivity index (χ1n) is 8.14. The van der Waals surface area contributed by atoms with Crippen LogP contribution in [0.1, 0.15) is 24.0 Å². The third kappa shape index (κ3) is 3.08. The van der Waals surface area contributed by atoms with Crippen LogP contribution in [0.2, 0.25) is 0 Å². The second-order valence-corrected chi connectivity index (χ2v) is 6.92. The fourth-order valence-electron chi connectivity index (χ4n) is 3.12. The van der Waals surface area contributed by atoms with Crippen molar-refractivity contribution >= 4 is 17.3 Å². The van der Waals surface area contributed by atoms with Gasteiger partial charge < -0.3 is 9.14 Å². The van der Waals surface area contributed by atoms with E-state index in [-0.39, 0.29) is 11.8 Å². The summed E-state index contributed by atoms with van der Waals surface area (Å²) in [5.74, 6) is 0.570. The Hall–Kier alpha value is -2.50. The largest absolute Gasteiger partial charge is 0.376 e. The number of nitrogens with one attached hydrogen (secondary N) is 1. The van der Waals surface area contributed by atoms with E-state index in [4.69, 9.17) is 4.74 Å². The van der Waals surface area contributed by atoms with Gasteiger partial charge in [0.05, 0.1) is 23.7 Å². The highest BCUT2D eigenvalue weighted by molar-refractivity contribution is 7.98. The molecule has 0 amide bonds. The van der Waals surface area contributed by atoms with Crippen LogP contribution in [0.3, 0.4) is 0 Å². The van der Waals surface area contributed by atoms with Crippen LogP contribution >= 0.6 is 11.8 Å². The van der Waals surface area contributed by atoms with Gasteiger partial charge in [-0.3, -0.25) is 4.57 Å². The number of aromatic amines is 1.